The Balaban J connectivity index is 1.54. The molecule has 0 unspecified atom stereocenters. The van der Waals surface area contributed by atoms with Gasteiger partial charge in [-0.1, -0.05) is 78.1 Å². The molecule has 0 aliphatic rings. The van der Waals surface area contributed by atoms with E-state index >= 15 is 0 Å². The summed E-state index contributed by atoms with van der Waals surface area (Å²) in [6.07, 6.45) is 15.1. The lowest BCUT2D eigenvalue weighted by molar-refractivity contribution is 0.488. The predicted molar refractivity (Wildman–Crippen MR) is 148 cm³/mol. The Hall–Kier alpha value is -1.54. The van der Waals surface area contributed by atoms with Crippen LogP contribution in [0.4, 0.5) is 0 Å². The highest BCUT2D eigenvalue weighted by Crippen LogP contribution is 2.36. The van der Waals surface area contributed by atoms with Crippen molar-refractivity contribution in [2.45, 2.75) is 104 Å². The number of aryl methyl sites for hydroxylation is 2. The summed E-state index contributed by atoms with van der Waals surface area (Å²) in [4.78, 5) is 3.73. The lowest BCUT2D eigenvalue weighted by atomic mass is 10.1. The lowest BCUT2D eigenvalue weighted by Crippen LogP contribution is -2.02. The van der Waals surface area contributed by atoms with E-state index < -0.39 is 0 Å². The Morgan fingerprint density at radius 1 is 0.529 bits per heavy atom. The topological polar surface area (TPSA) is 61.4 Å². The normalized spacial score (nSPS) is 12.0. The van der Waals surface area contributed by atoms with Crippen LogP contribution in [0.3, 0.4) is 0 Å². The number of aromatic nitrogens is 6. The number of halogens is 2. The number of unbranched alkanes of at least 4 members (excludes halogenated alkanes) is 10. The minimum atomic E-state index is 0.854. The summed E-state index contributed by atoms with van der Waals surface area (Å²) in [6.45, 7) is 6.21. The van der Waals surface area contributed by atoms with Crippen LogP contribution in [-0.2, 0) is 13.1 Å². The summed E-state index contributed by atoms with van der Waals surface area (Å²) in [5, 5.41) is 21.5. The monoisotopic (exact) mass is 590 g/mol. The van der Waals surface area contributed by atoms with E-state index in [9.17, 15) is 0 Å². The summed E-state index contributed by atoms with van der Waals surface area (Å²) >= 11 is 7.48. The number of rotatable bonds is 14. The van der Waals surface area contributed by atoms with Crippen LogP contribution in [0.25, 0.3) is 32.8 Å². The van der Waals surface area contributed by atoms with E-state index in [0.29, 0.717) is 0 Å². The third-order valence-corrected chi connectivity index (χ3v) is 7.74. The highest BCUT2D eigenvalue weighted by Gasteiger charge is 2.18. The first-order valence-electron chi connectivity index (χ1n) is 13.0. The van der Waals surface area contributed by atoms with Gasteiger partial charge >= 0.3 is 0 Å². The number of hydrogen-bond acceptors (Lipinski definition) is 4. The van der Waals surface area contributed by atoms with Gasteiger partial charge in [0.2, 0.25) is 0 Å². The lowest BCUT2D eigenvalue weighted by Gasteiger charge is -2.02. The SMILES string of the molecule is CCCCCCCCn1nc2c(Br)cc3c(cc(Br)c4nn(CCCCCCCC)nc43)c2n1. The van der Waals surface area contributed by atoms with Crippen molar-refractivity contribution in [2.24, 2.45) is 0 Å². The fourth-order valence-corrected chi connectivity index (χ4v) is 5.58. The van der Waals surface area contributed by atoms with Gasteiger partial charge in [-0.25, -0.2) is 0 Å². The summed E-state index contributed by atoms with van der Waals surface area (Å²) in [5.74, 6) is 0. The molecule has 0 saturated heterocycles. The van der Waals surface area contributed by atoms with Crippen molar-refractivity contribution in [3.63, 3.8) is 0 Å². The number of hydrogen-bond donors (Lipinski definition) is 0. The van der Waals surface area contributed by atoms with E-state index in [0.717, 1.165) is 67.7 Å². The van der Waals surface area contributed by atoms with Crippen LogP contribution >= 0.6 is 31.9 Å². The van der Waals surface area contributed by atoms with Crippen LogP contribution in [0, 0.1) is 0 Å². The second-order valence-corrected chi connectivity index (χ2v) is 11.0. The Morgan fingerprint density at radius 3 is 1.29 bits per heavy atom. The quantitative estimate of drug-likeness (QED) is 0.138. The van der Waals surface area contributed by atoms with E-state index in [1.54, 1.807) is 0 Å². The molecule has 4 aromatic rings. The molecule has 34 heavy (non-hydrogen) atoms. The van der Waals surface area contributed by atoms with Crippen molar-refractivity contribution in [1.82, 2.24) is 30.0 Å². The molecule has 0 radical (unpaired) electrons. The molecule has 0 amide bonds. The number of fused-ring (bicyclic) bond motifs is 5. The molecule has 0 saturated carbocycles. The molecule has 2 heterocycles. The molecular weight excluding hydrogens is 556 g/mol. The van der Waals surface area contributed by atoms with Gasteiger partial charge in [0.05, 0.1) is 13.1 Å². The number of nitrogens with zero attached hydrogens (tertiary/aromatic N) is 6. The van der Waals surface area contributed by atoms with Gasteiger partial charge in [0, 0.05) is 19.7 Å². The zero-order valence-corrected chi connectivity index (χ0v) is 23.7. The first kappa shape index (κ1) is 25.5. The Labute approximate surface area is 219 Å². The Kier molecular flexibility index (Phi) is 9.34. The van der Waals surface area contributed by atoms with Crippen molar-refractivity contribution in [3.05, 3.63) is 21.1 Å². The molecule has 2 aromatic heterocycles. The minimum absolute atomic E-state index is 0.854. The minimum Gasteiger partial charge on any atom is -0.184 e. The number of benzene rings is 2. The molecule has 0 fully saturated rings. The third kappa shape index (κ3) is 5.99. The van der Waals surface area contributed by atoms with E-state index in [1.165, 1.54) is 64.2 Å². The van der Waals surface area contributed by atoms with Crippen molar-refractivity contribution in [3.8, 4) is 0 Å². The Morgan fingerprint density at radius 2 is 0.882 bits per heavy atom. The molecule has 0 N–H and O–H groups in total. The maximum atomic E-state index is 4.88. The van der Waals surface area contributed by atoms with Gasteiger partial charge in [-0.2, -0.15) is 30.0 Å². The maximum absolute atomic E-state index is 4.88. The molecule has 184 valence electrons. The standard InChI is InChI=1S/C26H36Br2N6/c1-3-5-7-9-11-13-15-33-29-23-19-17-22(28)26-24(20(19)18-21(27)25(23)31-33)30-34(32-26)16-14-12-10-8-6-4-2/h17-18H,3-16H2,1-2H3. The molecule has 4 rings (SSSR count). The second kappa shape index (κ2) is 12.4. The van der Waals surface area contributed by atoms with Crippen molar-refractivity contribution in [1.29, 1.82) is 0 Å². The predicted octanol–water partition coefficient (Wildman–Crippen LogP) is 8.58. The molecule has 0 spiro atoms. The van der Waals surface area contributed by atoms with Crippen LogP contribution < -0.4 is 0 Å². The van der Waals surface area contributed by atoms with E-state index in [4.69, 9.17) is 20.4 Å². The van der Waals surface area contributed by atoms with Gasteiger partial charge in [0.1, 0.15) is 22.1 Å². The molecule has 2 aromatic carbocycles. The second-order valence-electron chi connectivity index (χ2n) is 9.33. The van der Waals surface area contributed by atoms with Crippen LogP contribution in [0.2, 0.25) is 0 Å². The summed E-state index contributed by atoms with van der Waals surface area (Å²) < 4.78 is 1.91. The van der Waals surface area contributed by atoms with Crippen LogP contribution in [0.15, 0.2) is 21.1 Å². The van der Waals surface area contributed by atoms with Gasteiger partial charge in [-0.15, -0.1) is 0 Å². The molecular formula is C26H36Br2N6. The molecule has 0 bridgehead atoms. The average Bonchev–Trinajstić information content (AvgIpc) is 3.45. The largest absolute Gasteiger partial charge is 0.184 e. The molecule has 8 heteroatoms. The average molecular weight is 592 g/mol. The first-order valence-corrected chi connectivity index (χ1v) is 14.6. The highest BCUT2D eigenvalue weighted by molar-refractivity contribution is 9.11. The van der Waals surface area contributed by atoms with E-state index in [1.807, 2.05) is 9.59 Å². The first-order chi connectivity index (χ1) is 16.6. The maximum Gasteiger partial charge on any atom is 0.128 e. The van der Waals surface area contributed by atoms with E-state index in [2.05, 4.69) is 57.8 Å². The fourth-order valence-electron chi connectivity index (χ4n) is 4.59. The van der Waals surface area contributed by atoms with Crippen LogP contribution in [0.5, 0.6) is 0 Å². The van der Waals surface area contributed by atoms with Crippen molar-refractivity contribution in [2.75, 3.05) is 0 Å². The zero-order valence-electron chi connectivity index (χ0n) is 20.5. The van der Waals surface area contributed by atoms with Gasteiger partial charge in [0.25, 0.3) is 0 Å². The third-order valence-electron chi connectivity index (χ3n) is 6.53. The summed E-state index contributed by atoms with van der Waals surface area (Å²) in [5.41, 5.74) is 3.65. The molecule has 0 aliphatic heterocycles. The smallest absolute Gasteiger partial charge is 0.128 e. The van der Waals surface area contributed by atoms with Gasteiger partial charge in [0.15, 0.2) is 0 Å². The van der Waals surface area contributed by atoms with Crippen LogP contribution in [-0.4, -0.2) is 30.0 Å². The van der Waals surface area contributed by atoms with Crippen LogP contribution in [0.1, 0.15) is 90.9 Å². The van der Waals surface area contributed by atoms with Gasteiger partial charge in [-0.3, -0.25) is 0 Å². The highest BCUT2D eigenvalue weighted by atomic mass is 79.9. The van der Waals surface area contributed by atoms with E-state index in [-0.39, 0.29) is 0 Å². The van der Waals surface area contributed by atoms with Crippen molar-refractivity contribution >= 4 is 64.7 Å². The van der Waals surface area contributed by atoms with Gasteiger partial charge < -0.3 is 0 Å². The molecule has 0 atom stereocenters. The molecule has 0 aliphatic carbocycles. The summed E-state index contributed by atoms with van der Waals surface area (Å²) in [6, 6.07) is 4.25. The zero-order chi connectivity index (χ0) is 23.9. The fraction of sp³-hybridized carbons (Fsp3) is 0.615. The van der Waals surface area contributed by atoms with Crippen molar-refractivity contribution < 1.29 is 0 Å². The Bertz CT molecular complexity index is 1130. The summed E-state index contributed by atoms with van der Waals surface area (Å²) in [7, 11) is 0. The molecule has 6 nitrogen and oxygen atoms in total. The van der Waals surface area contributed by atoms with Gasteiger partial charge in [-0.05, 0) is 56.8 Å².